The topological polar surface area (TPSA) is 44.8 Å². The molecule has 0 saturated carbocycles. The third kappa shape index (κ3) is 2.91. The van der Waals surface area contributed by atoms with Crippen molar-refractivity contribution in [2.75, 3.05) is 14.2 Å². The predicted octanol–water partition coefficient (Wildman–Crippen LogP) is 3.23. The molecule has 2 aromatic carbocycles. The Labute approximate surface area is 117 Å². The van der Waals surface area contributed by atoms with Crippen molar-refractivity contribution >= 4 is 5.97 Å². The molecule has 0 fully saturated rings. The van der Waals surface area contributed by atoms with Crippen LogP contribution >= 0.6 is 0 Å². The lowest BCUT2D eigenvalue weighted by molar-refractivity contribution is 0.0727. The average molecular weight is 272 g/mol. The van der Waals surface area contributed by atoms with Gasteiger partial charge in [0.1, 0.15) is 22.8 Å². The van der Waals surface area contributed by atoms with Crippen molar-refractivity contribution in [1.29, 1.82) is 0 Å². The van der Waals surface area contributed by atoms with Crippen LogP contribution in [0.3, 0.4) is 0 Å². The lowest BCUT2D eigenvalue weighted by atomic mass is 10.1. The Hall–Kier alpha value is -2.49. The fraction of sp³-hybridized carbons (Fsp3) is 0.188. The van der Waals surface area contributed by atoms with Gasteiger partial charge < -0.3 is 14.2 Å². The van der Waals surface area contributed by atoms with Crippen molar-refractivity contribution in [3.63, 3.8) is 0 Å². The number of esters is 1. The summed E-state index contributed by atoms with van der Waals surface area (Å²) in [5.41, 5.74) is 1.37. The van der Waals surface area contributed by atoms with E-state index in [9.17, 15) is 4.79 Å². The summed E-state index contributed by atoms with van der Waals surface area (Å²) in [7, 11) is 2.99. The van der Waals surface area contributed by atoms with E-state index in [-0.39, 0.29) is 5.56 Å². The standard InChI is InChI=1S/C16H16O4/c1-11-7-9-12(10-8-11)20-16(17)15-13(18-2)5-4-6-14(15)19-3/h4-10H,1-3H3. The summed E-state index contributed by atoms with van der Waals surface area (Å²) in [6.07, 6.45) is 0. The van der Waals surface area contributed by atoms with Gasteiger partial charge in [-0.2, -0.15) is 0 Å². The molecule has 0 N–H and O–H groups in total. The van der Waals surface area contributed by atoms with Crippen molar-refractivity contribution < 1.29 is 19.0 Å². The molecular formula is C16H16O4. The summed E-state index contributed by atoms with van der Waals surface area (Å²) in [6.45, 7) is 1.97. The monoisotopic (exact) mass is 272 g/mol. The van der Waals surface area contributed by atoms with E-state index in [2.05, 4.69) is 0 Å². The summed E-state index contributed by atoms with van der Waals surface area (Å²) in [5, 5.41) is 0. The van der Waals surface area contributed by atoms with E-state index in [4.69, 9.17) is 14.2 Å². The van der Waals surface area contributed by atoms with Crippen LogP contribution in [0.4, 0.5) is 0 Å². The van der Waals surface area contributed by atoms with E-state index < -0.39 is 5.97 Å². The zero-order valence-electron chi connectivity index (χ0n) is 11.7. The molecule has 2 aromatic rings. The first kappa shape index (κ1) is 13.9. The zero-order chi connectivity index (χ0) is 14.5. The third-order valence-electron chi connectivity index (χ3n) is 2.86. The normalized spacial score (nSPS) is 9.95. The second-order valence-corrected chi connectivity index (χ2v) is 4.24. The second-order valence-electron chi connectivity index (χ2n) is 4.24. The number of hydrogen-bond acceptors (Lipinski definition) is 4. The smallest absolute Gasteiger partial charge is 0.351 e. The maximum absolute atomic E-state index is 12.3. The van der Waals surface area contributed by atoms with Crippen molar-refractivity contribution in [1.82, 2.24) is 0 Å². The van der Waals surface area contributed by atoms with Gasteiger partial charge >= 0.3 is 5.97 Å². The number of rotatable bonds is 4. The SMILES string of the molecule is COc1cccc(OC)c1C(=O)Oc1ccc(C)cc1. The summed E-state index contributed by atoms with van der Waals surface area (Å²) in [6, 6.07) is 12.4. The minimum Gasteiger partial charge on any atom is -0.496 e. The van der Waals surface area contributed by atoms with E-state index in [1.54, 1.807) is 30.3 Å². The molecule has 4 nitrogen and oxygen atoms in total. The van der Waals surface area contributed by atoms with Crippen LogP contribution in [0.15, 0.2) is 42.5 Å². The molecular weight excluding hydrogens is 256 g/mol. The number of carbonyl (C=O) groups is 1. The van der Waals surface area contributed by atoms with Crippen molar-refractivity contribution in [3.8, 4) is 17.2 Å². The Morgan fingerprint density at radius 3 is 1.95 bits per heavy atom. The number of benzene rings is 2. The molecule has 0 unspecified atom stereocenters. The fourth-order valence-electron chi connectivity index (χ4n) is 1.82. The van der Waals surface area contributed by atoms with Crippen molar-refractivity contribution in [3.05, 3.63) is 53.6 Å². The van der Waals surface area contributed by atoms with Crippen LogP contribution in [0, 0.1) is 6.92 Å². The number of carbonyl (C=O) groups excluding carboxylic acids is 1. The zero-order valence-corrected chi connectivity index (χ0v) is 11.7. The van der Waals surface area contributed by atoms with E-state index in [1.165, 1.54) is 14.2 Å². The van der Waals surface area contributed by atoms with Gasteiger partial charge in [0, 0.05) is 0 Å². The largest absolute Gasteiger partial charge is 0.496 e. The maximum Gasteiger partial charge on any atom is 0.351 e. The summed E-state index contributed by atoms with van der Waals surface area (Å²) < 4.78 is 15.7. The van der Waals surface area contributed by atoms with Crippen LogP contribution in [0.1, 0.15) is 15.9 Å². The van der Waals surface area contributed by atoms with Crippen LogP contribution in [0.25, 0.3) is 0 Å². The minimum atomic E-state index is -0.511. The molecule has 0 radical (unpaired) electrons. The lowest BCUT2D eigenvalue weighted by Crippen LogP contribution is -2.11. The number of ether oxygens (including phenoxy) is 3. The predicted molar refractivity (Wildman–Crippen MR) is 75.7 cm³/mol. The van der Waals surface area contributed by atoms with E-state index in [0.29, 0.717) is 17.2 Å². The lowest BCUT2D eigenvalue weighted by Gasteiger charge is -2.12. The average Bonchev–Trinajstić information content (AvgIpc) is 2.48. The van der Waals surface area contributed by atoms with E-state index >= 15 is 0 Å². The Morgan fingerprint density at radius 2 is 1.45 bits per heavy atom. The minimum absolute atomic E-state index is 0.276. The van der Waals surface area contributed by atoms with Gasteiger partial charge in [0.2, 0.25) is 0 Å². The highest BCUT2D eigenvalue weighted by atomic mass is 16.5. The molecule has 0 aliphatic rings. The number of methoxy groups -OCH3 is 2. The van der Waals surface area contributed by atoms with Crippen LogP contribution in [-0.2, 0) is 0 Å². The quantitative estimate of drug-likeness (QED) is 0.633. The molecule has 0 saturated heterocycles. The van der Waals surface area contributed by atoms with Crippen LogP contribution < -0.4 is 14.2 Å². The molecule has 0 aliphatic carbocycles. The Balaban J connectivity index is 2.31. The van der Waals surface area contributed by atoms with Crippen LogP contribution in [0.2, 0.25) is 0 Å². The van der Waals surface area contributed by atoms with Gasteiger partial charge in [-0.3, -0.25) is 0 Å². The van der Waals surface area contributed by atoms with Gasteiger partial charge in [-0.1, -0.05) is 23.8 Å². The Morgan fingerprint density at radius 1 is 0.900 bits per heavy atom. The van der Waals surface area contributed by atoms with Gasteiger partial charge in [0.05, 0.1) is 14.2 Å². The van der Waals surface area contributed by atoms with Crippen LogP contribution in [0.5, 0.6) is 17.2 Å². The second kappa shape index (κ2) is 6.10. The summed E-state index contributed by atoms with van der Waals surface area (Å²) >= 11 is 0. The first-order chi connectivity index (χ1) is 9.65. The highest BCUT2D eigenvalue weighted by Gasteiger charge is 2.20. The Kier molecular flexibility index (Phi) is 4.25. The summed E-state index contributed by atoms with van der Waals surface area (Å²) in [4.78, 5) is 12.3. The Bertz CT molecular complexity index is 580. The third-order valence-corrected chi connectivity index (χ3v) is 2.86. The van der Waals surface area contributed by atoms with Gasteiger partial charge in [-0.05, 0) is 31.2 Å². The summed E-state index contributed by atoms with van der Waals surface area (Å²) in [5.74, 6) is 0.805. The van der Waals surface area contributed by atoms with Crippen molar-refractivity contribution in [2.24, 2.45) is 0 Å². The molecule has 0 atom stereocenters. The van der Waals surface area contributed by atoms with Gasteiger partial charge in [-0.15, -0.1) is 0 Å². The first-order valence-electron chi connectivity index (χ1n) is 6.15. The maximum atomic E-state index is 12.3. The molecule has 4 heteroatoms. The van der Waals surface area contributed by atoms with Crippen molar-refractivity contribution in [2.45, 2.75) is 6.92 Å². The molecule has 0 aliphatic heterocycles. The van der Waals surface area contributed by atoms with E-state index in [1.807, 2.05) is 19.1 Å². The van der Waals surface area contributed by atoms with Crippen LogP contribution in [-0.4, -0.2) is 20.2 Å². The number of hydrogen-bond donors (Lipinski definition) is 0. The molecule has 0 bridgehead atoms. The molecule has 2 rings (SSSR count). The number of aryl methyl sites for hydroxylation is 1. The molecule has 20 heavy (non-hydrogen) atoms. The highest BCUT2D eigenvalue weighted by molar-refractivity contribution is 5.97. The van der Waals surface area contributed by atoms with Gasteiger partial charge in [0.15, 0.2) is 0 Å². The molecule has 0 heterocycles. The molecule has 0 aromatic heterocycles. The highest BCUT2D eigenvalue weighted by Crippen LogP contribution is 2.29. The van der Waals surface area contributed by atoms with Gasteiger partial charge in [0.25, 0.3) is 0 Å². The van der Waals surface area contributed by atoms with E-state index in [0.717, 1.165) is 5.56 Å². The first-order valence-corrected chi connectivity index (χ1v) is 6.15. The van der Waals surface area contributed by atoms with Gasteiger partial charge in [-0.25, -0.2) is 4.79 Å². The molecule has 0 amide bonds. The fourth-order valence-corrected chi connectivity index (χ4v) is 1.82. The molecule has 104 valence electrons. The molecule has 0 spiro atoms.